The van der Waals surface area contributed by atoms with Gasteiger partial charge in [-0.2, -0.15) is 0 Å². The molecule has 1 aromatic carbocycles. The molecule has 6 rings (SSSR count). The third-order valence-electron chi connectivity index (χ3n) is 7.16. The van der Waals surface area contributed by atoms with Gasteiger partial charge in [-0.25, -0.2) is 28.4 Å². The highest BCUT2D eigenvalue weighted by Gasteiger charge is 2.24. The van der Waals surface area contributed by atoms with Gasteiger partial charge < -0.3 is 24.4 Å². The monoisotopic (exact) mass is 560 g/mol. The molecular weight excluding hydrogens is 532 g/mol. The van der Waals surface area contributed by atoms with E-state index in [1.54, 1.807) is 35.5 Å². The molecule has 206 valence electrons. The number of amides is 1. The van der Waals surface area contributed by atoms with E-state index in [1.165, 1.54) is 18.5 Å². The molecule has 0 aliphatic carbocycles. The lowest BCUT2D eigenvalue weighted by molar-refractivity contribution is -0.126. The summed E-state index contributed by atoms with van der Waals surface area (Å²) in [6, 6.07) is 8.67. The van der Waals surface area contributed by atoms with Gasteiger partial charge in [-0.15, -0.1) is 0 Å². The van der Waals surface area contributed by atoms with Crippen LogP contribution in [0.15, 0.2) is 71.5 Å². The van der Waals surface area contributed by atoms with Crippen molar-refractivity contribution in [3.8, 4) is 11.3 Å². The molecule has 0 atom stereocenters. The van der Waals surface area contributed by atoms with Gasteiger partial charge >= 0.3 is 0 Å². The summed E-state index contributed by atoms with van der Waals surface area (Å²) in [7, 11) is -3.81. The maximum atomic E-state index is 13.3. The first kappa shape index (κ1) is 25.9. The lowest BCUT2D eigenvalue weighted by atomic mass is 10.1. The number of rotatable bonds is 6. The maximum absolute atomic E-state index is 13.3. The number of sulfone groups is 1. The van der Waals surface area contributed by atoms with E-state index in [0.717, 1.165) is 35.6 Å². The molecule has 5 heterocycles. The lowest BCUT2D eigenvalue weighted by Crippen LogP contribution is -2.48. The number of carbonyl (C=O) groups excluding carboxylic acids is 1. The summed E-state index contributed by atoms with van der Waals surface area (Å²) >= 11 is 0. The Labute approximate surface area is 231 Å². The first-order valence-electron chi connectivity index (χ1n) is 12.9. The van der Waals surface area contributed by atoms with Crippen molar-refractivity contribution in [2.75, 3.05) is 62.3 Å². The Kier molecular flexibility index (Phi) is 6.90. The third-order valence-corrected chi connectivity index (χ3v) is 8.89. The van der Waals surface area contributed by atoms with Gasteiger partial charge in [-0.05, 0) is 29.8 Å². The summed E-state index contributed by atoms with van der Waals surface area (Å²) in [4.78, 5) is 38.6. The molecule has 4 aromatic rings. The van der Waals surface area contributed by atoms with Crippen LogP contribution in [0.5, 0.6) is 0 Å². The fourth-order valence-electron chi connectivity index (χ4n) is 4.93. The van der Waals surface area contributed by atoms with E-state index in [2.05, 4.69) is 36.4 Å². The molecule has 0 unspecified atom stereocenters. The van der Waals surface area contributed by atoms with Crippen LogP contribution in [0.25, 0.3) is 22.3 Å². The number of fused-ring (bicyclic) bond motifs is 1. The number of aromatic amines is 1. The highest BCUT2D eigenvalue weighted by Crippen LogP contribution is 2.30. The average Bonchev–Trinajstić information content (AvgIpc) is 3.46. The van der Waals surface area contributed by atoms with Crippen molar-refractivity contribution in [2.45, 2.75) is 9.79 Å². The molecule has 2 fully saturated rings. The average molecular weight is 561 g/mol. The van der Waals surface area contributed by atoms with Gasteiger partial charge in [0.15, 0.2) is 0 Å². The van der Waals surface area contributed by atoms with Crippen molar-refractivity contribution < 1.29 is 17.9 Å². The summed E-state index contributed by atoms with van der Waals surface area (Å²) in [5, 5.41) is 0.905. The second-order valence-corrected chi connectivity index (χ2v) is 11.5. The van der Waals surface area contributed by atoms with Crippen molar-refractivity contribution in [1.29, 1.82) is 0 Å². The van der Waals surface area contributed by atoms with Gasteiger partial charge in [0, 0.05) is 45.0 Å². The summed E-state index contributed by atoms with van der Waals surface area (Å²) < 4.78 is 32.0. The van der Waals surface area contributed by atoms with Crippen LogP contribution in [0, 0.1) is 0 Å². The Bertz CT molecular complexity index is 1640. The number of H-pyrrole nitrogens is 1. The second-order valence-electron chi connectivity index (χ2n) is 9.51. The highest BCUT2D eigenvalue weighted by atomic mass is 32.2. The van der Waals surface area contributed by atoms with Crippen molar-refractivity contribution in [3.05, 3.63) is 61.7 Å². The first-order chi connectivity index (χ1) is 19.4. The van der Waals surface area contributed by atoms with E-state index in [4.69, 9.17) is 4.74 Å². The molecule has 13 heteroatoms. The largest absolute Gasteiger partial charge is 0.378 e. The van der Waals surface area contributed by atoms with Crippen LogP contribution in [0.2, 0.25) is 0 Å². The Morgan fingerprint density at radius 2 is 1.60 bits per heavy atom. The number of anilines is 2. The van der Waals surface area contributed by atoms with E-state index < -0.39 is 9.84 Å². The van der Waals surface area contributed by atoms with Crippen LogP contribution in [0.1, 0.15) is 0 Å². The van der Waals surface area contributed by atoms with Gasteiger partial charge in [0.1, 0.15) is 22.7 Å². The van der Waals surface area contributed by atoms with Gasteiger partial charge in [0.2, 0.25) is 21.7 Å². The highest BCUT2D eigenvalue weighted by molar-refractivity contribution is 7.91. The topological polar surface area (TPSA) is 138 Å². The number of morpholine rings is 1. The van der Waals surface area contributed by atoms with Gasteiger partial charge in [-0.1, -0.05) is 18.7 Å². The zero-order chi connectivity index (χ0) is 27.7. The normalized spacial score (nSPS) is 16.4. The maximum Gasteiger partial charge on any atom is 0.246 e. The number of hydrogen-bond donors (Lipinski definition) is 1. The number of ether oxygens (including phenoxy) is 1. The Hall–Kier alpha value is -4.36. The molecule has 40 heavy (non-hydrogen) atoms. The smallest absolute Gasteiger partial charge is 0.246 e. The van der Waals surface area contributed by atoms with E-state index in [9.17, 15) is 13.2 Å². The third kappa shape index (κ3) is 4.89. The van der Waals surface area contributed by atoms with E-state index in [-0.39, 0.29) is 15.7 Å². The molecule has 1 amide bonds. The fourth-order valence-corrected chi connectivity index (χ4v) is 6.08. The zero-order valence-corrected chi connectivity index (χ0v) is 22.5. The fraction of sp³-hybridized carbons (Fsp3) is 0.296. The van der Waals surface area contributed by atoms with Gasteiger partial charge in [-0.3, -0.25) is 4.79 Å². The molecule has 2 saturated heterocycles. The number of hydrogen-bond acceptors (Lipinski definition) is 10. The minimum atomic E-state index is -3.81. The molecule has 0 spiro atoms. The summed E-state index contributed by atoms with van der Waals surface area (Å²) in [5.74, 6) is 1.17. The molecule has 2 aliphatic rings. The predicted octanol–water partition coefficient (Wildman–Crippen LogP) is 1.92. The van der Waals surface area contributed by atoms with Gasteiger partial charge in [0.05, 0.1) is 35.9 Å². The SMILES string of the molecule is C=CC(=O)N1CCN(c2ncc(S(=O)(=O)c3ccc(-c4cc5c(N6CCOCC6)ncnc5[nH]4)cc3)cn2)CC1. The van der Waals surface area contributed by atoms with Crippen LogP contribution in [-0.4, -0.2) is 96.6 Å². The zero-order valence-electron chi connectivity index (χ0n) is 21.7. The van der Waals surface area contributed by atoms with E-state index >= 15 is 0 Å². The molecule has 0 saturated carbocycles. The van der Waals surface area contributed by atoms with Crippen molar-refractivity contribution in [3.63, 3.8) is 0 Å². The minimum Gasteiger partial charge on any atom is -0.378 e. The second kappa shape index (κ2) is 10.7. The number of benzene rings is 1. The molecule has 12 nitrogen and oxygen atoms in total. The Balaban J connectivity index is 1.18. The Morgan fingerprint density at radius 3 is 2.27 bits per heavy atom. The van der Waals surface area contributed by atoms with Crippen LogP contribution < -0.4 is 9.80 Å². The number of nitrogens with zero attached hydrogens (tertiary/aromatic N) is 7. The van der Waals surface area contributed by atoms with Crippen LogP contribution >= 0.6 is 0 Å². The molecule has 0 radical (unpaired) electrons. The molecular formula is C27H28N8O4S. The van der Waals surface area contributed by atoms with Crippen LogP contribution in [0.4, 0.5) is 11.8 Å². The number of nitrogens with one attached hydrogen (secondary N) is 1. The Morgan fingerprint density at radius 1 is 0.900 bits per heavy atom. The minimum absolute atomic E-state index is 0.0144. The predicted molar refractivity (Wildman–Crippen MR) is 149 cm³/mol. The van der Waals surface area contributed by atoms with Crippen molar-refractivity contribution in [1.82, 2.24) is 29.8 Å². The molecule has 1 N–H and O–H groups in total. The molecule has 0 bridgehead atoms. The number of piperazine rings is 1. The summed E-state index contributed by atoms with van der Waals surface area (Å²) in [5.41, 5.74) is 2.36. The molecule has 2 aliphatic heterocycles. The summed E-state index contributed by atoms with van der Waals surface area (Å²) in [6.45, 7) is 8.52. The van der Waals surface area contributed by atoms with E-state index in [0.29, 0.717) is 51.0 Å². The van der Waals surface area contributed by atoms with Crippen molar-refractivity contribution in [2.24, 2.45) is 0 Å². The quantitative estimate of drug-likeness (QED) is 0.348. The van der Waals surface area contributed by atoms with Crippen LogP contribution in [0.3, 0.4) is 0 Å². The van der Waals surface area contributed by atoms with Gasteiger partial charge in [0.25, 0.3) is 0 Å². The van der Waals surface area contributed by atoms with E-state index in [1.807, 2.05) is 11.0 Å². The van der Waals surface area contributed by atoms with Crippen LogP contribution in [-0.2, 0) is 19.4 Å². The number of aromatic nitrogens is 5. The standard InChI is InChI=1S/C27H28N8O4S/c1-2-24(36)33-7-9-35(10-8-33)27-28-16-21(17-29-27)40(37,38)20-5-3-19(4-6-20)23-15-22-25(32-23)30-18-31-26(22)34-11-13-39-14-12-34/h2-6,15-18H,1,7-14H2,(H,30,31,32). The number of carbonyl (C=O) groups is 1. The summed E-state index contributed by atoms with van der Waals surface area (Å²) in [6.07, 6.45) is 5.50. The van der Waals surface area contributed by atoms with Crippen molar-refractivity contribution >= 4 is 38.5 Å². The lowest BCUT2D eigenvalue weighted by Gasteiger charge is -2.34. The first-order valence-corrected chi connectivity index (χ1v) is 14.4. The molecule has 3 aromatic heterocycles.